The van der Waals surface area contributed by atoms with Crippen molar-refractivity contribution in [1.82, 2.24) is 4.98 Å². The molecule has 6 nitrogen and oxygen atoms in total. The van der Waals surface area contributed by atoms with Crippen LogP contribution in [0.25, 0.3) is 0 Å². The number of rotatable bonds is 4. The molecule has 0 saturated carbocycles. The number of methoxy groups -OCH3 is 1. The molecule has 0 radical (unpaired) electrons. The van der Waals surface area contributed by atoms with Gasteiger partial charge in [-0.25, -0.2) is 15.2 Å². The minimum absolute atomic E-state index is 0.181. The molecule has 0 bridgehead atoms. The molecule has 110 valence electrons. The van der Waals surface area contributed by atoms with Gasteiger partial charge in [0.1, 0.15) is 5.75 Å². The molecule has 4 N–H and O–H groups in total. The van der Waals surface area contributed by atoms with Crippen LogP contribution in [0.5, 0.6) is 5.75 Å². The van der Waals surface area contributed by atoms with Crippen LogP contribution < -0.4 is 21.3 Å². The molecule has 1 aromatic carbocycles. The molecule has 1 amide bonds. The van der Waals surface area contributed by atoms with Gasteiger partial charge in [0.15, 0.2) is 11.6 Å². The maximum atomic E-state index is 14.0. The van der Waals surface area contributed by atoms with Crippen LogP contribution in [0.15, 0.2) is 34.9 Å². The van der Waals surface area contributed by atoms with Crippen LogP contribution in [0.3, 0.4) is 0 Å². The number of ether oxygens (including phenoxy) is 1. The van der Waals surface area contributed by atoms with Crippen LogP contribution in [0, 0.1) is 5.82 Å². The maximum Gasteiger partial charge on any atom is 0.258 e. The number of nitrogens with two attached hydrogens (primary N) is 1. The quantitative estimate of drug-likeness (QED) is 0.579. The highest BCUT2D eigenvalue weighted by Crippen LogP contribution is 2.28. The van der Waals surface area contributed by atoms with E-state index < -0.39 is 11.7 Å². The topological polar surface area (TPSA) is 89.3 Å². The Labute approximate surface area is 128 Å². The van der Waals surface area contributed by atoms with Gasteiger partial charge < -0.3 is 15.5 Å². The zero-order valence-corrected chi connectivity index (χ0v) is 12.6. The van der Waals surface area contributed by atoms with Crippen molar-refractivity contribution < 1.29 is 13.9 Å². The zero-order valence-electron chi connectivity index (χ0n) is 11.0. The van der Waals surface area contributed by atoms with Crippen molar-refractivity contribution in [3.05, 3.63) is 46.3 Å². The number of carbonyl (C=O) groups excluding carboxylic acids is 1. The molecule has 2 aromatic rings. The van der Waals surface area contributed by atoms with Crippen molar-refractivity contribution in [2.45, 2.75) is 0 Å². The van der Waals surface area contributed by atoms with E-state index in [9.17, 15) is 9.18 Å². The minimum Gasteiger partial charge on any atom is -0.495 e. The van der Waals surface area contributed by atoms with Crippen LogP contribution in [-0.4, -0.2) is 18.0 Å². The summed E-state index contributed by atoms with van der Waals surface area (Å²) in [7, 11) is 1.47. The number of nitrogen functional groups attached to an aromatic ring is 1. The Hall–Kier alpha value is -2.19. The van der Waals surface area contributed by atoms with Crippen LogP contribution in [0.4, 0.5) is 15.9 Å². The monoisotopic (exact) mass is 354 g/mol. The van der Waals surface area contributed by atoms with E-state index in [1.807, 2.05) is 0 Å². The zero-order chi connectivity index (χ0) is 15.4. The van der Waals surface area contributed by atoms with Crippen molar-refractivity contribution in [3.63, 3.8) is 0 Å². The Morgan fingerprint density at radius 2 is 2.19 bits per heavy atom. The van der Waals surface area contributed by atoms with Gasteiger partial charge >= 0.3 is 0 Å². The fourth-order valence-electron chi connectivity index (χ4n) is 1.69. The lowest BCUT2D eigenvalue weighted by Gasteiger charge is -2.11. The standard InChI is InChI=1S/C13H12BrFN4O2/c1-21-10-3-2-7(14)6-9(10)18-13(20)8-4-5-17-12(19-16)11(8)15/h2-6H,16H2,1H3,(H,17,19)(H,18,20). The van der Waals surface area contributed by atoms with Gasteiger partial charge in [-0.15, -0.1) is 0 Å². The molecule has 0 fully saturated rings. The molecule has 0 spiro atoms. The maximum absolute atomic E-state index is 14.0. The molecule has 2 rings (SSSR count). The Bertz CT molecular complexity index is 681. The first-order chi connectivity index (χ1) is 10.1. The van der Waals surface area contributed by atoms with Gasteiger partial charge in [-0.3, -0.25) is 4.79 Å². The number of pyridine rings is 1. The summed E-state index contributed by atoms with van der Waals surface area (Å²) in [5, 5.41) is 2.58. The number of carbonyl (C=O) groups is 1. The second-order valence-electron chi connectivity index (χ2n) is 3.96. The lowest BCUT2D eigenvalue weighted by molar-refractivity contribution is 0.102. The lowest BCUT2D eigenvalue weighted by Crippen LogP contribution is -2.17. The third-order valence-electron chi connectivity index (χ3n) is 2.68. The highest BCUT2D eigenvalue weighted by Gasteiger charge is 2.17. The van der Waals surface area contributed by atoms with Crippen LogP contribution in [0.2, 0.25) is 0 Å². The summed E-state index contributed by atoms with van der Waals surface area (Å²) in [6.07, 6.45) is 1.28. The minimum atomic E-state index is -0.827. The van der Waals surface area contributed by atoms with E-state index in [1.54, 1.807) is 18.2 Å². The molecule has 1 heterocycles. The largest absolute Gasteiger partial charge is 0.495 e. The number of hydrazine groups is 1. The van der Waals surface area contributed by atoms with E-state index in [4.69, 9.17) is 10.6 Å². The summed E-state index contributed by atoms with van der Waals surface area (Å²) >= 11 is 3.29. The number of aromatic nitrogens is 1. The summed E-state index contributed by atoms with van der Waals surface area (Å²) in [4.78, 5) is 15.8. The lowest BCUT2D eigenvalue weighted by atomic mass is 10.2. The summed E-state index contributed by atoms with van der Waals surface area (Å²) < 4.78 is 19.9. The van der Waals surface area contributed by atoms with E-state index in [0.29, 0.717) is 11.4 Å². The van der Waals surface area contributed by atoms with Gasteiger partial charge in [0, 0.05) is 10.7 Å². The second-order valence-corrected chi connectivity index (χ2v) is 4.88. The number of anilines is 2. The molecular formula is C13H12BrFN4O2. The fourth-order valence-corrected chi connectivity index (χ4v) is 2.05. The van der Waals surface area contributed by atoms with Gasteiger partial charge in [0.25, 0.3) is 5.91 Å². The molecule has 0 atom stereocenters. The smallest absolute Gasteiger partial charge is 0.258 e. The van der Waals surface area contributed by atoms with Crippen molar-refractivity contribution in [2.75, 3.05) is 17.9 Å². The SMILES string of the molecule is COc1ccc(Br)cc1NC(=O)c1ccnc(NN)c1F. The predicted molar refractivity (Wildman–Crippen MR) is 80.7 cm³/mol. The van der Waals surface area contributed by atoms with E-state index in [-0.39, 0.29) is 11.4 Å². The molecule has 0 saturated heterocycles. The van der Waals surface area contributed by atoms with E-state index in [0.717, 1.165) is 4.47 Å². The van der Waals surface area contributed by atoms with Crippen molar-refractivity contribution in [2.24, 2.45) is 5.84 Å². The van der Waals surface area contributed by atoms with Crippen LogP contribution >= 0.6 is 15.9 Å². The number of halogens is 2. The Kier molecular flexibility index (Phi) is 4.71. The predicted octanol–water partition coefficient (Wildman–Crippen LogP) is 2.53. The Balaban J connectivity index is 2.32. The van der Waals surface area contributed by atoms with Gasteiger partial charge in [0.05, 0.1) is 18.4 Å². The second kappa shape index (κ2) is 6.51. The molecule has 21 heavy (non-hydrogen) atoms. The van der Waals surface area contributed by atoms with E-state index >= 15 is 0 Å². The summed E-state index contributed by atoms with van der Waals surface area (Å²) in [6.45, 7) is 0. The van der Waals surface area contributed by atoms with Gasteiger partial charge in [0.2, 0.25) is 0 Å². The summed E-state index contributed by atoms with van der Waals surface area (Å²) in [5.74, 6) is 3.92. The van der Waals surface area contributed by atoms with Gasteiger partial charge in [-0.1, -0.05) is 15.9 Å². The first-order valence-corrected chi connectivity index (χ1v) is 6.62. The third-order valence-corrected chi connectivity index (χ3v) is 3.17. The van der Waals surface area contributed by atoms with E-state index in [2.05, 4.69) is 31.7 Å². The summed E-state index contributed by atoms with van der Waals surface area (Å²) in [6, 6.07) is 6.35. The number of nitrogens with one attached hydrogen (secondary N) is 2. The number of amides is 1. The van der Waals surface area contributed by atoms with Crippen LogP contribution in [0.1, 0.15) is 10.4 Å². The number of hydrogen-bond acceptors (Lipinski definition) is 5. The number of benzene rings is 1. The highest BCUT2D eigenvalue weighted by molar-refractivity contribution is 9.10. The van der Waals surface area contributed by atoms with Crippen molar-refractivity contribution in [1.29, 1.82) is 0 Å². The third kappa shape index (κ3) is 3.29. The molecule has 0 aliphatic carbocycles. The van der Waals surface area contributed by atoms with Gasteiger partial charge in [-0.05, 0) is 24.3 Å². The van der Waals surface area contributed by atoms with Crippen LogP contribution in [-0.2, 0) is 0 Å². The molecular weight excluding hydrogens is 343 g/mol. The summed E-state index contributed by atoms with van der Waals surface area (Å²) in [5.41, 5.74) is 2.32. The average Bonchev–Trinajstić information content (AvgIpc) is 2.47. The van der Waals surface area contributed by atoms with Crippen molar-refractivity contribution in [3.8, 4) is 5.75 Å². The molecule has 0 aliphatic rings. The Morgan fingerprint density at radius 3 is 2.86 bits per heavy atom. The average molecular weight is 355 g/mol. The van der Waals surface area contributed by atoms with E-state index in [1.165, 1.54) is 19.4 Å². The van der Waals surface area contributed by atoms with Crippen molar-refractivity contribution >= 4 is 33.3 Å². The fraction of sp³-hybridized carbons (Fsp3) is 0.0769. The first kappa shape index (κ1) is 15.2. The molecule has 0 unspecified atom stereocenters. The normalized spacial score (nSPS) is 10.1. The molecule has 8 heteroatoms. The molecule has 0 aliphatic heterocycles. The highest BCUT2D eigenvalue weighted by atomic mass is 79.9. The molecule has 1 aromatic heterocycles. The Morgan fingerprint density at radius 1 is 1.43 bits per heavy atom. The number of nitrogens with zero attached hydrogens (tertiary/aromatic N) is 1. The van der Waals surface area contributed by atoms with Gasteiger partial charge in [-0.2, -0.15) is 0 Å². The number of hydrogen-bond donors (Lipinski definition) is 3. The first-order valence-electron chi connectivity index (χ1n) is 5.82.